The van der Waals surface area contributed by atoms with Crippen LogP contribution in [0.15, 0.2) is 42.7 Å². The van der Waals surface area contributed by atoms with Crippen molar-refractivity contribution in [3.8, 4) is 11.3 Å². The molecule has 3 rings (SSSR count). The monoisotopic (exact) mass is 369 g/mol. The van der Waals surface area contributed by atoms with Gasteiger partial charge in [-0.3, -0.25) is 4.98 Å². The van der Waals surface area contributed by atoms with E-state index in [1.165, 1.54) is 0 Å². The predicted molar refractivity (Wildman–Crippen MR) is 105 cm³/mol. The van der Waals surface area contributed by atoms with Gasteiger partial charge in [0.05, 0.1) is 12.3 Å². The molecule has 0 radical (unpaired) electrons. The molecule has 0 atom stereocenters. The first-order valence-corrected chi connectivity index (χ1v) is 8.62. The number of halogens is 1. The molecule has 2 aromatic heterocycles. The van der Waals surface area contributed by atoms with Crippen LogP contribution < -0.4 is 10.6 Å². The number of hydrogen-bond donors (Lipinski definition) is 3. The summed E-state index contributed by atoms with van der Waals surface area (Å²) in [5.41, 5.74) is 4.71. The van der Waals surface area contributed by atoms with Crippen LogP contribution in [-0.2, 0) is 0 Å². The minimum atomic E-state index is 0.000999. The Labute approximate surface area is 157 Å². The van der Waals surface area contributed by atoms with Crippen LogP contribution in [0.2, 0.25) is 5.02 Å². The second-order valence-electron chi connectivity index (χ2n) is 5.89. The number of aryl methyl sites for hydroxylation is 2. The largest absolute Gasteiger partial charge is 0.395 e. The van der Waals surface area contributed by atoms with Crippen molar-refractivity contribution < 1.29 is 5.11 Å². The highest BCUT2D eigenvalue weighted by Gasteiger charge is 2.10. The number of benzene rings is 1. The van der Waals surface area contributed by atoms with Crippen molar-refractivity contribution >= 4 is 29.1 Å². The Morgan fingerprint density at radius 1 is 1.04 bits per heavy atom. The molecule has 0 aliphatic rings. The average molecular weight is 370 g/mol. The Bertz CT molecular complexity index is 879. The fraction of sp³-hybridized carbons (Fsp3) is 0.211. The first kappa shape index (κ1) is 18.1. The second-order valence-corrected chi connectivity index (χ2v) is 6.32. The molecular formula is C19H20ClN5O. The fourth-order valence-electron chi connectivity index (χ4n) is 2.66. The average Bonchev–Trinajstić information content (AvgIpc) is 2.63. The molecule has 0 fully saturated rings. The zero-order valence-electron chi connectivity index (χ0n) is 14.6. The predicted octanol–water partition coefficient (Wildman–Crippen LogP) is 3.96. The first-order chi connectivity index (χ1) is 12.6. The second kappa shape index (κ2) is 8.12. The van der Waals surface area contributed by atoms with E-state index < -0.39 is 0 Å². The van der Waals surface area contributed by atoms with Gasteiger partial charge in [-0.05, 0) is 49.2 Å². The van der Waals surface area contributed by atoms with Crippen LogP contribution in [0.3, 0.4) is 0 Å². The Balaban J connectivity index is 2.01. The van der Waals surface area contributed by atoms with Gasteiger partial charge in [0.25, 0.3) is 0 Å². The Morgan fingerprint density at radius 3 is 2.38 bits per heavy atom. The van der Waals surface area contributed by atoms with E-state index in [2.05, 4.69) is 25.6 Å². The number of nitrogens with zero attached hydrogens (tertiary/aromatic N) is 3. The van der Waals surface area contributed by atoms with E-state index in [0.717, 1.165) is 28.1 Å². The van der Waals surface area contributed by atoms with Gasteiger partial charge in [-0.25, -0.2) is 4.98 Å². The van der Waals surface area contributed by atoms with E-state index in [0.29, 0.717) is 23.3 Å². The fourth-order valence-corrected chi connectivity index (χ4v) is 2.99. The lowest BCUT2D eigenvalue weighted by Crippen LogP contribution is -2.10. The van der Waals surface area contributed by atoms with Crippen molar-refractivity contribution in [2.24, 2.45) is 0 Å². The summed E-state index contributed by atoms with van der Waals surface area (Å²) in [5.74, 6) is 1.10. The van der Waals surface area contributed by atoms with Gasteiger partial charge in [0.2, 0.25) is 5.95 Å². The minimum absolute atomic E-state index is 0.000999. The van der Waals surface area contributed by atoms with E-state index in [9.17, 15) is 0 Å². The van der Waals surface area contributed by atoms with Crippen molar-refractivity contribution in [3.63, 3.8) is 0 Å². The zero-order valence-corrected chi connectivity index (χ0v) is 15.4. The summed E-state index contributed by atoms with van der Waals surface area (Å²) in [4.78, 5) is 13.1. The summed E-state index contributed by atoms with van der Waals surface area (Å²) in [6, 6.07) is 9.48. The Kier molecular flexibility index (Phi) is 5.65. The topological polar surface area (TPSA) is 83.0 Å². The first-order valence-electron chi connectivity index (χ1n) is 8.25. The lowest BCUT2D eigenvalue weighted by Gasteiger charge is -2.15. The number of aromatic nitrogens is 3. The number of aliphatic hydroxyl groups excluding tert-OH is 1. The quantitative estimate of drug-likeness (QED) is 0.610. The zero-order chi connectivity index (χ0) is 18.5. The molecule has 0 unspecified atom stereocenters. The van der Waals surface area contributed by atoms with Crippen LogP contribution in [0.5, 0.6) is 0 Å². The van der Waals surface area contributed by atoms with Crippen molar-refractivity contribution in [2.75, 3.05) is 23.8 Å². The van der Waals surface area contributed by atoms with Crippen LogP contribution in [-0.4, -0.2) is 33.2 Å². The molecule has 0 aliphatic carbocycles. The molecule has 0 spiro atoms. The third-order valence-electron chi connectivity index (χ3n) is 3.85. The van der Waals surface area contributed by atoms with Gasteiger partial charge in [-0.2, -0.15) is 4.98 Å². The van der Waals surface area contributed by atoms with E-state index in [4.69, 9.17) is 16.7 Å². The number of nitrogens with one attached hydrogen (secondary N) is 2. The molecule has 3 N–H and O–H groups in total. The van der Waals surface area contributed by atoms with Crippen LogP contribution in [0.25, 0.3) is 11.3 Å². The third kappa shape index (κ3) is 4.28. The number of anilines is 3. The molecule has 7 heteroatoms. The number of hydrogen-bond acceptors (Lipinski definition) is 6. The summed E-state index contributed by atoms with van der Waals surface area (Å²) < 4.78 is 0. The number of rotatable bonds is 6. The maximum atomic E-state index is 9.06. The molecule has 0 amide bonds. The highest BCUT2D eigenvalue weighted by molar-refractivity contribution is 6.30. The van der Waals surface area contributed by atoms with Gasteiger partial charge in [0, 0.05) is 41.3 Å². The van der Waals surface area contributed by atoms with Gasteiger partial charge >= 0.3 is 0 Å². The normalized spacial score (nSPS) is 10.6. The van der Waals surface area contributed by atoms with Crippen molar-refractivity contribution in [1.82, 2.24) is 15.0 Å². The molecule has 0 saturated carbocycles. The van der Waals surface area contributed by atoms with Crippen molar-refractivity contribution in [3.05, 3.63) is 58.9 Å². The SMILES string of the molecule is Cc1cc(Cl)cc(C)c1Nc1cc(-c2ccncc2)nc(NCCO)n1. The molecule has 0 aliphatic heterocycles. The Hall–Kier alpha value is -2.70. The van der Waals surface area contributed by atoms with Gasteiger partial charge in [-0.1, -0.05) is 11.6 Å². The molecule has 0 bridgehead atoms. The van der Waals surface area contributed by atoms with E-state index in [-0.39, 0.29) is 6.61 Å². The summed E-state index contributed by atoms with van der Waals surface area (Å²) in [6.45, 7) is 4.37. The molecule has 2 heterocycles. The lowest BCUT2D eigenvalue weighted by molar-refractivity contribution is 0.311. The van der Waals surface area contributed by atoms with Crippen LogP contribution >= 0.6 is 11.6 Å². The maximum absolute atomic E-state index is 9.06. The number of aliphatic hydroxyl groups is 1. The summed E-state index contributed by atoms with van der Waals surface area (Å²) in [5, 5.41) is 16.2. The Morgan fingerprint density at radius 2 is 1.73 bits per heavy atom. The van der Waals surface area contributed by atoms with Crippen LogP contribution in [0.4, 0.5) is 17.5 Å². The molecule has 1 aromatic carbocycles. The summed E-state index contributed by atoms with van der Waals surface area (Å²) in [6.07, 6.45) is 3.44. The molecule has 6 nitrogen and oxygen atoms in total. The highest BCUT2D eigenvalue weighted by Crippen LogP contribution is 2.29. The maximum Gasteiger partial charge on any atom is 0.225 e. The molecule has 26 heavy (non-hydrogen) atoms. The van der Waals surface area contributed by atoms with Crippen LogP contribution in [0, 0.1) is 13.8 Å². The van der Waals surface area contributed by atoms with E-state index in [1.807, 2.05) is 44.2 Å². The molecule has 134 valence electrons. The molecular weight excluding hydrogens is 350 g/mol. The summed E-state index contributed by atoms with van der Waals surface area (Å²) in [7, 11) is 0. The van der Waals surface area contributed by atoms with Crippen molar-refractivity contribution in [1.29, 1.82) is 0 Å². The van der Waals surface area contributed by atoms with Crippen molar-refractivity contribution in [2.45, 2.75) is 13.8 Å². The van der Waals surface area contributed by atoms with Gasteiger partial charge < -0.3 is 15.7 Å². The smallest absolute Gasteiger partial charge is 0.225 e. The van der Waals surface area contributed by atoms with Crippen LogP contribution in [0.1, 0.15) is 11.1 Å². The van der Waals surface area contributed by atoms with E-state index in [1.54, 1.807) is 12.4 Å². The van der Waals surface area contributed by atoms with Gasteiger partial charge in [0.15, 0.2) is 0 Å². The standard InChI is InChI=1S/C19H20ClN5O/c1-12-9-15(20)10-13(2)18(12)24-17-11-16(14-3-5-21-6-4-14)23-19(25-17)22-7-8-26/h3-6,9-11,26H,7-8H2,1-2H3,(H2,22,23,24,25). The highest BCUT2D eigenvalue weighted by atomic mass is 35.5. The van der Waals surface area contributed by atoms with Gasteiger partial charge in [-0.15, -0.1) is 0 Å². The number of pyridine rings is 1. The molecule has 3 aromatic rings. The van der Waals surface area contributed by atoms with Gasteiger partial charge in [0.1, 0.15) is 5.82 Å². The lowest BCUT2D eigenvalue weighted by atomic mass is 10.1. The minimum Gasteiger partial charge on any atom is -0.395 e. The molecule has 0 saturated heterocycles. The third-order valence-corrected chi connectivity index (χ3v) is 4.07. The summed E-state index contributed by atoms with van der Waals surface area (Å²) >= 11 is 6.12. The van der Waals surface area contributed by atoms with E-state index >= 15 is 0 Å².